The van der Waals surface area contributed by atoms with Gasteiger partial charge in [0.05, 0.1) is 0 Å². The summed E-state index contributed by atoms with van der Waals surface area (Å²) >= 11 is 11.8. The minimum absolute atomic E-state index is 0.503. The average Bonchev–Trinajstić information content (AvgIpc) is 2.64. The van der Waals surface area contributed by atoms with Crippen LogP contribution >= 0.6 is 23.8 Å². The Balaban J connectivity index is 1.70. The van der Waals surface area contributed by atoms with Gasteiger partial charge in [0.1, 0.15) is 0 Å². The molecular formula is C20H24ClN3S. The third-order valence-electron chi connectivity index (χ3n) is 4.60. The Morgan fingerprint density at radius 1 is 1.08 bits per heavy atom. The summed E-state index contributed by atoms with van der Waals surface area (Å²) in [6.45, 7) is 1.50. The largest absolute Gasteiger partial charge is 0.360 e. The Morgan fingerprint density at radius 2 is 1.80 bits per heavy atom. The van der Waals surface area contributed by atoms with Gasteiger partial charge in [-0.1, -0.05) is 49.1 Å². The van der Waals surface area contributed by atoms with Crippen LogP contribution in [0.4, 0.5) is 0 Å². The van der Waals surface area contributed by atoms with Gasteiger partial charge in [-0.15, -0.1) is 0 Å². The molecular weight excluding hydrogens is 350 g/mol. The summed E-state index contributed by atoms with van der Waals surface area (Å²) in [5, 5.41) is 5.16. The van der Waals surface area contributed by atoms with Gasteiger partial charge in [0.25, 0.3) is 0 Å². The van der Waals surface area contributed by atoms with Crippen LogP contribution in [0, 0.1) is 0 Å². The highest BCUT2D eigenvalue weighted by Crippen LogP contribution is 2.19. The molecule has 1 fully saturated rings. The van der Waals surface area contributed by atoms with Gasteiger partial charge >= 0.3 is 0 Å². The number of nitrogens with one attached hydrogen (secondary N) is 1. The average molecular weight is 374 g/mol. The quantitative estimate of drug-likeness (QED) is 0.751. The molecule has 3 rings (SSSR count). The van der Waals surface area contributed by atoms with Gasteiger partial charge in [0.2, 0.25) is 0 Å². The van der Waals surface area contributed by atoms with Gasteiger partial charge in [-0.25, -0.2) is 0 Å². The van der Waals surface area contributed by atoms with Crippen LogP contribution in [0.25, 0.3) is 0 Å². The van der Waals surface area contributed by atoms with Crippen molar-refractivity contribution in [3.8, 4) is 0 Å². The van der Waals surface area contributed by atoms with Crippen LogP contribution in [0.3, 0.4) is 0 Å². The molecule has 0 amide bonds. The minimum atomic E-state index is 0.503. The number of thiocarbonyl (C=S) groups is 1. The predicted molar refractivity (Wildman–Crippen MR) is 108 cm³/mol. The minimum Gasteiger partial charge on any atom is -0.360 e. The second-order valence-corrected chi connectivity index (χ2v) is 7.45. The van der Waals surface area contributed by atoms with E-state index in [4.69, 9.17) is 23.8 Å². The smallest absolute Gasteiger partial charge is 0.169 e. The van der Waals surface area contributed by atoms with E-state index >= 15 is 0 Å². The lowest BCUT2D eigenvalue weighted by molar-refractivity contribution is 0.362. The Labute approximate surface area is 160 Å². The highest BCUT2D eigenvalue weighted by molar-refractivity contribution is 7.80. The van der Waals surface area contributed by atoms with Gasteiger partial charge in [0.15, 0.2) is 5.11 Å². The summed E-state index contributed by atoms with van der Waals surface area (Å²) in [5.74, 6) is 0. The second-order valence-electron chi connectivity index (χ2n) is 6.63. The van der Waals surface area contributed by atoms with Crippen LogP contribution in [-0.4, -0.2) is 21.0 Å². The molecule has 1 N–H and O–H groups in total. The van der Waals surface area contributed by atoms with Crippen molar-refractivity contribution in [1.29, 1.82) is 0 Å². The van der Waals surface area contributed by atoms with Crippen LogP contribution in [-0.2, 0) is 13.1 Å². The van der Waals surface area contributed by atoms with Gasteiger partial charge in [-0.2, -0.15) is 0 Å². The Kier molecular flexibility index (Phi) is 6.65. The summed E-state index contributed by atoms with van der Waals surface area (Å²) in [4.78, 5) is 6.44. The van der Waals surface area contributed by atoms with Crippen molar-refractivity contribution in [1.82, 2.24) is 15.2 Å². The van der Waals surface area contributed by atoms with E-state index in [1.807, 2.05) is 24.4 Å². The molecule has 1 aromatic carbocycles. The normalized spacial score (nSPS) is 14.9. The predicted octanol–water partition coefficient (Wildman–Crippen LogP) is 4.94. The summed E-state index contributed by atoms with van der Waals surface area (Å²) in [5.41, 5.74) is 2.35. The van der Waals surface area contributed by atoms with Gasteiger partial charge in [-0.3, -0.25) is 4.98 Å². The Morgan fingerprint density at radius 3 is 2.48 bits per heavy atom. The van der Waals surface area contributed by atoms with E-state index in [1.165, 1.54) is 37.7 Å². The fraction of sp³-hybridized carbons (Fsp3) is 0.400. The number of aromatic nitrogens is 1. The molecule has 0 atom stereocenters. The molecule has 132 valence electrons. The van der Waals surface area contributed by atoms with Crippen LogP contribution in [0.15, 0.2) is 48.8 Å². The molecule has 1 saturated carbocycles. The maximum Gasteiger partial charge on any atom is 0.169 e. The lowest BCUT2D eigenvalue weighted by Crippen LogP contribution is -2.44. The molecule has 0 unspecified atom stereocenters. The first-order chi connectivity index (χ1) is 12.2. The number of hydrogen-bond donors (Lipinski definition) is 1. The van der Waals surface area contributed by atoms with Crippen LogP contribution in [0.1, 0.15) is 43.2 Å². The third kappa shape index (κ3) is 5.68. The van der Waals surface area contributed by atoms with Gasteiger partial charge in [-0.05, 0) is 54.4 Å². The van der Waals surface area contributed by atoms with E-state index in [0.717, 1.165) is 28.8 Å². The van der Waals surface area contributed by atoms with Crippen molar-refractivity contribution >= 4 is 28.9 Å². The molecule has 0 bridgehead atoms. The Bertz CT molecular complexity index is 669. The van der Waals surface area contributed by atoms with Crippen LogP contribution in [0.2, 0.25) is 5.02 Å². The molecule has 2 aromatic rings. The van der Waals surface area contributed by atoms with E-state index in [2.05, 4.69) is 33.4 Å². The molecule has 5 heteroatoms. The van der Waals surface area contributed by atoms with E-state index in [-0.39, 0.29) is 0 Å². The zero-order valence-corrected chi connectivity index (χ0v) is 15.9. The zero-order chi connectivity index (χ0) is 17.5. The molecule has 0 spiro atoms. The molecule has 1 aliphatic carbocycles. The summed E-state index contributed by atoms with van der Waals surface area (Å²) < 4.78 is 0. The summed E-state index contributed by atoms with van der Waals surface area (Å²) in [6, 6.07) is 12.5. The summed E-state index contributed by atoms with van der Waals surface area (Å²) in [7, 11) is 0. The first-order valence-electron chi connectivity index (χ1n) is 8.89. The number of pyridine rings is 1. The van der Waals surface area contributed by atoms with Crippen molar-refractivity contribution in [2.24, 2.45) is 0 Å². The first kappa shape index (κ1) is 18.2. The highest BCUT2D eigenvalue weighted by atomic mass is 35.5. The standard InChI is InChI=1S/C20H24ClN3S/c21-18-10-8-16(9-11-18)14-24(15-17-5-4-12-22-13-17)20(25)23-19-6-2-1-3-7-19/h4-5,8-13,19H,1-3,6-7,14-15H2,(H,23,25). The van der Waals surface area contributed by atoms with E-state index in [0.29, 0.717) is 6.04 Å². The summed E-state index contributed by atoms with van der Waals surface area (Å²) in [6.07, 6.45) is 10.0. The molecule has 0 saturated heterocycles. The van der Waals surface area contributed by atoms with Crippen molar-refractivity contribution in [3.63, 3.8) is 0 Å². The van der Waals surface area contributed by atoms with Crippen LogP contribution in [0.5, 0.6) is 0 Å². The van der Waals surface area contributed by atoms with Crippen molar-refractivity contribution in [2.75, 3.05) is 0 Å². The zero-order valence-electron chi connectivity index (χ0n) is 14.3. The first-order valence-corrected chi connectivity index (χ1v) is 9.68. The maximum atomic E-state index is 6.01. The molecule has 1 heterocycles. The fourth-order valence-electron chi connectivity index (χ4n) is 3.23. The SMILES string of the molecule is S=C(NC1CCCCC1)N(Cc1ccc(Cl)cc1)Cc1cccnc1. The molecule has 25 heavy (non-hydrogen) atoms. The molecule has 3 nitrogen and oxygen atoms in total. The number of hydrogen-bond acceptors (Lipinski definition) is 2. The lowest BCUT2D eigenvalue weighted by atomic mass is 9.96. The maximum absolute atomic E-state index is 6.01. The molecule has 0 radical (unpaired) electrons. The lowest BCUT2D eigenvalue weighted by Gasteiger charge is -2.31. The van der Waals surface area contributed by atoms with E-state index in [9.17, 15) is 0 Å². The van der Waals surface area contributed by atoms with E-state index < -0.39 is 0 Å². The number of nitrogens with zero attached hydrogens (tertiary/aromatic N) is 2. The number of rotatable bonds is 5. The van der Waals surface area contributed by atoms with Gasteiger partial charge in [0, 0.05) is 36.5 Å². The van der Waals surface area contributed by atoms with Crippen LogP contribution < -0.4 is 5.32 Å². The van der Waals surface area contributed by atoms with Gasteiger partial charge < -0.3 is 10.2 Å². The second kappa shape index (κ2) is 9.16. The van der Waals surface area contributed by atoms with Crippen molar-refractivity contribution in [3.05, 3.63) is 64.9 Å². The molecule has 1 aromatic heterocycles. The molecule has 1 aliphatic rings. The fourth-order valence-corrected chi connectivity index (χ4v) is 3.66. The molecule has 0 aliphatic heterocycles. The van der Waals surface area contributed by atoms with E-state index in [1.54, 1.807) is 6.20 Å². The topological polar surface area (TPSA) is 28.2 Å². The van der Waals surface area contributed by atoms with Crippen molar-refractivity contribution in [2.45, 2.75) is 51.2 Å². The van der Waals surface area contributed by atoms with Crippen molar-refractivity contribution < 1.29 is 0 Å². The highest BCUT2D eigenvalue weighted by Gasteiger charge is 2.18. The Hall–Kier alpha value is -1.65. The monoisotopic (exact) mass is 373 g/mol. The number of halogens is 1. The number of benzene rings is 1. The third-order valence-corrected chi connectivity index (χ3v) is 5.23.